The Bertz CT molecular complexity index is 2480. The first-order valence-corrected chi connectivity index (χ1v) is 29.2. The number of rotatable bonds is 28. The normalized spacial score (nSPS) is 20.8. The fourth-order valence-electron chi connectivity index (χ4n) is 10.6. The summed E-state index contributed by atoms with van der Waals surface area (Å²) in [6, 6.07) is 9.68. The van der Waals surface area contributed by atoms with Crippen LogP contribution >= 0.6 is 0 Å². The summed E-state index contributed by atoms with van der Waals surface area (Å²) in [4.78, 5) is 109. The minimum atomic E-state index is -1.47. The Morgan fingerprint density at radius 3 is 1.83 bits per heavy atom. The van der Waals surface area contributed by atoms with Crippen LogP contribution in [-0.4, -0.2) is 128 Å². The molecule has 21 heteroatoms. The Morgan fingerprint density at radius 1 is 0.654 bits per heavy atom. The second-order valence-corrected chi connectivity index (χ2v) is 24.8. The van der Waals surface area contributed by atoms with Crippen LogP contribution in [0, 0.1) is 17.3 Å². The van der Waals surface area contributed by atoms with Crippen molar-refractivity contribution in [2.75, 3.05) is 19.7 Å². The Kier molecular flexibility index (Phi) is 23.6. The number of ether oxygens (including phenoxy) is 3. The number of nitrogens with one attached hydrogen (secondary N) is 7. The molecule has 0 spiro atoms. The summed E-state index contributed by atoms with van der Waals surface area (Å²) in [6.45, 7) is 24.1. The lowest BCUT2D eigenvalue weighted by Gasteiger charge is -2.64. The SMILES string of the molecule is CCCCOC(=O)CC[C@H](NC(=O)[C@H](CNC(=O)OC(C)(C)C)NC(=O)c1ccc(-c2ccc(CCCC)cc2)cc1)C(=O)N[C@@H](C)C(=O)N[C@@H](CCCCNC(=O)OC(C)(C)C)C(=O)N[C@@H](C)B1OC2C[C@@H]3C[C@@H](C3(C)C)[C@]2(C)O1. The third-order valence-electron chi connectivity index (χ3n) is 15.5. The van der Waals surface area contributed by atoms with Gasteiger partial charge in [0.15, 0.2) is 0 Å². The van der Waals surface area contributed by atoms with E-state index in [1.54, 1.807) is 72.7 Å². The molecule has 0 aromatic heterocycles. The summed E-state index contributed by atoms with van der Waals surface area (Å²) in [7, 11) is -0.737. The zero-order chi connectivity index (χ0) is 59.9. The molecular formula is C60H92BN7O13. The Labute approximate surface area is 480 Å². The van der Waals surface area contributed by atoms with Gasteiger partial charge in [-0.05, 0) is 166 Å². The summed E-state index contributed by atoms with van der Waals surface area (Å²) >= 11 is 0. The average molecular weight is 1130 g/mol. The van der Waals surface area contributed by atoms with E-state index in [1.165, 1.54) is 12.5 Å². The average Bonchev–Trinajstić information content (AvgIpc) is 4.02. The second-order valence-electron chi connectivity index (χ2n) is 24.8. The molecule has 7 amide bonds. The highest BCUT2D eigenvalue weighted by molar-refractivity contribution is 6.47. The smallest absolute Gasteiger partial charge is 0.466 e. The van der Waals surface area contributed by atoms with E-state index in [0.717, 1.165) is 49.7 Å². The van der Waals surface area contributed by atoms with Crippen LogP contribution in [0.4, 0.5) is 9.59 Å². The number of esters is 1. The lowest BCUT2D eigenvalue weighted by atomic mass is 9.43. The molecule has 7 N–H and O–H groups in total. The van der Waals surface area contributed by atoms with Crippen molar-refractivity contribution in [3.05, 3.63) is 59.7 Å². The lowest BCUT2D eigenvalue weighted by molar-refractivity contribution is -0.199. The first-order chi connectivity index (χ1) is 38.0. The van der Waals surface area contributed by atoms with Gasteiger partial charge in [0.1, 0.15) is 35.4 Å². The molecule has 6 rings (SSSR count). The maximum Gasteiger partial charge on any atom is 0.481 e. The van der Waals surface area contributed by atoms with Crippen molar-refractivity contribution in [3.8, 4) is 11.1 Å². The molecular weight excluding hydrogens is 1040 g/mol. The van der Waals surface area contributed by atoms with E-state index >= 15 is 0 Å². The summed E-state index contributed by atoms with van der Waals surface area (Å²) in [6.07, 6.45) is 5.28. The van der Waals surface area contributed by atoms with E-state index < -0.39 is 108 Å². The van der Waals surface area contributed by atoms with Crippen LogP contribution in [0.2, 0.25) is 0 Å². The van der Waals surface area contributed by atoms with Crippen molar-refractivity contribution < 1.29 is 61.9 Å². The number of alkyl carbamates (subject to hydrolysis) is 2. The van der Waals surface area contributed by atoms with Crippen molar-refractivity contribution in [2.45, 2.75) is 220 Å². The molecule has 9 atom stereocenters. The van der Waals surface area contributed by atoms with Gasteiger partial charge in [0.25, 0.3) is 5.91 Å². The van der Waals surface area contributed by atoms with Crippen molar-refractivity contribution in [1.82, 2.24) is 37.2 Å². The number of hydrogen-bond acceptors (Lipinski definition) is 13. The largest absolute Gasteiger partial charge is 0.481 e. The first-order valence-electron chi connectivity index (χ1n) is 29.2. The van der Waals surface area contributed by atoms with Gasteiger partial charge in [0.05, 0.1) is 30.8 Å². The summed E-state index contributed by atoms with van der Waals surface area (Å²) in [5.74, 6) is -4.08. The number of benzene rings is 2. The highest BCUT2D eigenvalue weighted by Gasteiger charge is 2.68. The number of aryl methyl sites for hydroxylation is 1. The van der Waals surface area contributed by atoms with Crippen LogP contribution in [0.25, 0.3) is 11.1 Å². The van der Waals surface area contributed by atoms with E-state index in [2.05, 4.69) is 77.0 Å². The number of carbonyl (C=O) groups is 8. The van der Waals surface area contributed by atoms with Crippen LogP contribution in [0.1, 0.15) is 177 Å². The molecule has 2 aromatic carbocycles. The number of unbranched alkanes of at least 4 members (excludes halogenated alkanes) is 3. The van der Waals surface area contributed by atoms with Gasteiger partial charge in [0.2, 0.25) is 23.6 Å². The molecule has 2 bridgehead atoms. The summed E-state index contributed by atoms with van der Waals surface area (Å²) < 4.78 is 29.2. The standard InChI is InChI=1S/C60H92BN7O13/c1-14-16-20-39-22-24-40(25-23-39)41-26-28-42(29-27-41)51(71)68-46(36-63-56(76)79-58(8,9)10)54(74)67-45(30-31-49(69)77-33-17-15-2)52(72)64-37(3)50(70)66-44(21-18-19-32-62-55(75)78-57(5,6)7)53(73)65-38(4)61-80-48-35-43-34-47(59(43,11)12)60(48,13)81-61/h22-29,37-38,43-48H,14-21,30-36H2,1-13H3,(H,62,75)(H,63,76)(H,64,72)(H,65,73)(H,66,70)(H,67,74)(H,68,71)/t37-,38-,43-,44-,45-,46-,47-,48?,60-/m0/s1. The molecule has 3 saturated carbocycles. The molecule has 0 radical (unpaired) electrons. The molecule has 3 aliphatic carbocycles. The van der Waals surface area contributed by atoms with E-state index in [9.17, 15) is 38.4 Å². The Morgan fingerprint density at radius 2 is 1.22 bits per heavy atom. The molecule has 1 aliphatic heterocycles. The van der Waals surface area contributed by atoms with Crippen LogP contribution in [-0.2, 0) is 53.9 Å². The van der Waals surface area contributed by atoms with E-state index in [0.29, 0.717) is 31.1 Å². The van der Waals surface area contributed by atoms with Crippen LogP contribution < -0.4 is 37.2 Å². The van der Waals surface area contributed by atoms with Gasteiger partial charge in [-0.25, -0.2) is 9.59 Å². The molecule has 2 aromatic rings. The van der Waals surface area contributed by atoms with Gasteiger partial charge in [-0.3, -0.25) is 28.8 Å². The molecule has 1 heterocycles. The zero-order valence-electron chi connectivity index (χ0n) is 50.2. The van der Waals surface area contributed by atoms with Crippen molar-refractivity contribution in [3.63, 3.8) is 0 Å². The number of hydrogen-bond donors (Lipinski definition) is 7. The predicted octanol–water partition coefficient (Wildman–Crippen LogP) is 7.38. The summed E-state index contributed by atoms with van der Waals surface area (Å²) in [5.41, 5.74) is 1.28. The number of amides is 7. The molecule has 20 nitrogen and oxygen atoms in total. The van der Waals surface area contributed by atoms with Crippen molar-refractivity contribution in [1.29, 1.82) is 0 Å². The van der Waals surface area contributed by atoms with Gasteiger partial charge in [-0.2, -0.15) is 0 Å². The van der Waals surface area contributed by atoms with Crippen LogP contribution in [0.15, 0.2) is 48.5 Å². The monoisotopic (exact) mass is 1130 g/mol. The minimum Gasteiger partial charge on any atom is -0.466 e. The van der Waals surface area contributed by atoms with Crippen molar-refractivity contribution >= 4 is 54.8 Å². The second kappa shape index (κ2) is 29.2. The van der Waals surface area contributed by atoms with Crippen LogP contribution in [0.3, 0.4) is 0 Å². The fourth-order valence-corrected chi connectivity index (χ4v) is 10.6. The van der Waals surface area contributed by atoms with Crippen molar-refractivity contribution in [2.24, 2.45) is 17.3 Å². The molecule has 4 aliphatic rings. The summed E-state index contributed by atoms with van der Waals surface area (Å²) in [5, 5.41) is 19.0. The van der Waals surface area contributed by atoms with E-state index in [4.69, 9.17) is 23.5 Å². The van der Waals surface area contributed by atoms with Gasteiger partial charge in [-0.1, -0.05) is 76.9 Å². The Balaban J connectivity index is 1.30. The van der Waals surface area contributed by atoms with Gasteiger partial charge < -0.3 is 60.7 Å². The topological polar surface area (TPSA) is 267 Å². The van der Waals surface area contributed by atoms with Crippen LogP contribution in [0.5, 0.6) is 0 Å². The van der Waals surface area contributed by atoms with Gasteiger partial charge in [0, 0.05) is 18.5 Å². The number of carbonyl (C=O) groups excluding carboxylic acids is 8. The third kappa shape index (κ3) is 19.5. The lowest BCUT2D eigenvalue weighted by Crippen LogP contribution is -2.65. The highest BCUT2D eigenvalue weighted by Crippen LogP contribution is 2.65. The molecule has 4 fully saturated rings. The highest BCUT2D eigenvalue weighted by atomic mass is 16.7. The molecule has 81 heavy (non-hydrogen) atoms. The predicted molar refractivity (Wildman–Crippen MR) is 308 cm³/mol. The Hall–Kier alpha value is -6.22. The molecule has 448 valence electrons. The molecule has 1 unspecified atom stereocenters. The maximum absolute atomic E-state index is 14.3. The van der Waals surface area contributed by atoms with E-state index in [1.807, 2.05) is 19.1 Å². The van der Waals surface area contributed by atoms with Gasteiger partial charge in [-0.15, -0.1) is 0 Å². The van der Waals surface area contributed by atoms with Gasteiger partial charge >= 0.3 is 25.3 Å². The zero-order valence-corrected chi connectivity index (χ0v) is 50.2. The fraction of sp³-hybridized carbons (Fsp3) is 0.667. The third-order valence-corrected chi connectivity index (χ3v) is 15.5. The minimum absolute atomic E-state index is 0.109. The quantitative estimate of drug-likeness (QED) is 0.0190. The maximum atomic E-state index is 14.3. The molecule has 1 saturated heterocycles. The first kappa shape index (κ1) is 65.6. The van der Waals surface area contributed by atoms with E-state index in [-0.39, 0.29) is 49.5 Å².